The van der Waals surface area contributed by atoms with Gasteiger partial charge >= 0.3 is 0 Å². The number of hydrogen-bond acceptors (Lipinski definition) is 4. The summed E-state index contributed by atoms with van der Waals surface area (Å²) in [7, 11) is 4.85. The number of Topliss-reactive ketones (excluding diaryl/α,β-unsaturated/α-hetero) is 1. The van der Waals surface area contributed by atoms with Gasteiger partial charge in [-0.05, 0) is 34.7 Å². The number of ether oxygens (including phenoxy) is 3. The van der Waals surface area contributed by atoms with Gasteiger partial charge in [0.05, 0.1) is 26.9 Å². The topological polar surface area (TPSA) is 44.8 Å². The van der Waals surface area contributed by atoms with Gasteiger partial charge in [0.1, 0.15) is 5.75 Å². The van der Waals surface area contributed by atoms with Gasteiger partial charge in [-0.3, -0.25) is 4.79 Å². The molecule has 25 heavy (non-hydrogen) atoms. The fraction of sp³-hybridized carbons (Fsp3) is 0.381. The lowest BCUT2D eigenvalue weighted by molar-refractivity contribution is 0.0938. The fourth-order valence-electron chi connectivity index (χ4n) is 3.86. The van der Waals surface area contributed by atoms with Crippen molar-refractivity contribution in [2.45, 2.75) is 31.6 Å². The minimum atomic E-state index is -0.211. The van der Waals surface area contributed by atoms with Gasteiger partial charge in [-0.1, -0.05) is 32.0 Å². The van der Waals surface area contributed by atoms with E-state index in [2.05, 4.69) is 13.8 Å². The van der Waals surface area contributed by atoms with E-state index in [9.17, 15) is 4.79 Å². The average Bonchev–Trinajstić information content (AvgIpc) is 2.63. The van der Waals surface area contributed by atoms with E-state index < -0.39 is 0 Å². The number of methoxy groups -OCH3 is 3. The second kappa shape index (κ2) is 6.43. The number of ketones is 1. The molecule has 0 saturated heterocycles. The van der Waals surface area contributed by atoms with Gasteiger partial charge in [-0.2, -0.15) is 0 Å². The first kappa shape index (κ1) is 17.3. The van der Waals surface area contributed by atoms with E-state index in [1.165, 1.54) is 0 Å². The van der Waals surface area contributed by atoms with Crippen LogP contribution >= 0.6 is 0 Å². The summed E-state index contributed by atoms with van der Waals surface area (Å²) < 4.78 is 16.2. The lowest BCUT2D eigenvalue weighted by atomic mass is 9.63. The van der Waals surface area contributed by atoms with Crippen LogP contribution in [0.15, 0.2) is 36.4 Å². The van der Waals surface area contributed by atoms with Crippen LogP contribution in [0, 0.1) is 0 Å². The highest BCUT2D eigenvalue weighted by Crippen LogP contribution is 2.49. The Labute approximate surface area is 148 Å². The van der Waals surface area contributed by atoms with Crippen molar-refractivity contribution < 1.29 is 19.0 Å². The minimum absolute atomic E-state index is 0.0550. The van der Waals surface area contributed by atoms with Gasteiger partial charge in [0.25, 0.3) is 0 Å². The van der Waals surface area contributed by atoms with Crippen molar-refractivity contribution in [1.82, 2.24) is 0 Å². The molecule has 0 bridgehead atoms. The quantitative estimate of drug-likeness (QED) is 0.829. The molecule has 1 aliphatic rings. The second-order valence-electron chi connectivity index (χ2n) is 6.90. The Bertz CT molecular complexity index is 808. The molecule has 0 radical (unpaired) electrons. The molecule has 1 aliphatic carbocycles. The van der Waals surface area contributed by atoms with Crippen LogP contribution in [-0.2, 0) is 5.41 Å². The summed E-state index contributed by atoms with van der Waals surface area (Å²) >= 11 is 0. The van der Waals surface area contributed by atoms with Gasteiger partial charge in [0.15, 0.2) is 17.3 Å². The lowest BCUT2D eigenvalue weighted by Gasteiger charge is -2.40. The smallest absolute Gasteiger partial charge is 0.167 e. The van der Waals surface area contributed by atoms with E-state index in [-0.39, 0.29) is 17.1 Å². The Morgan fingerprint density at radius 3 is 2.24 bits per heavy atom. The maximum absolute atomic E-state index is 12.9. The van der Waals surface area contributed by atoms with Crippen LogP contribution in [0.1, 0.15) is 47.7 Å². The predicted molar refractivity (Wildman–Crippen MR) is 97.3 cm³/mol. The molecule has 0 aromatic heterocycles. The van der Waals surface area contributed by atoms with Crippen LogP contribution in [0.25, 0.3) is 0 Å². The van der Waals surface area contributed by atoms with Crippen molar-refractivity contribution >= 4 is 5.78 Å². The molecule has 1 unspecified atom stereocenters. The van der Waals surface area contributed by atoms with Crippen molar-refractivity contribution in [3.8, 4) is 17.2 Å². The molecule has 2 aromatic rings. The summed E-state index contributed by atoms with van der Waals surface area (Å²) in [4.78, 5) is 12.9. The third kappa shape index (κ3) is 2.76. The molecule has 0 fully saturated rings. The monoisotopic (exact) mass is 340 g/mol. The van der Waals surface area contributed by atoms with Crippen LogP contribution in [0.5, 0.6) is 17.2 Å². The highest BCUT2D eigenvalue weighted by molar-refractivity contribution is 6.02. The number of carbonyl (C=O) groups is 1. The fourth-order valence-corrected chi connectivity index (χ4v) is 3.86. The van der Waals surface area contributed by atoms with Crippen molar-refractivity contribution in [2.75, 3.05) is 21.3 Å². The third-order valence-corrected chi connectivity index (χ3v) is 5.29. The zero-order valence-electron chi connectivity index (χ0n) is 15.4. The summed E-state index contributed by atoms with van der Waals surface area (Å²) in [6, 6.07) is 11.7. The Morgan fingerprint density at radius 1 is 0.920 bits per heavy atom. The zero-order chi connectivity index (χ0) is 18.2. The number of fused-ring (bicyclic) bond motifs is 1. The molecule has 0 amide bonds. The molecule has 0 aliphatic heterocycles. The van der Waals surface area contributed by atoms with Crippen LogP contribution in [0.4, 0.5) is 0 Å². The van der Waals surface area contributed by atoms with Crippen molar-refractivity contribution in [2.24, 2.45) is 0 Å². The number of hydrogen-bond donors (Lipinski definition) is 0. The van der Waals surface area contributed by atoms with E-state index >= 15 is 0 Å². The summed E-state index contributed by atoms with van der Waals surface area (Å²) in [5.74, 6) is 2.19. The summed E-state index contributed by atoms with van der Waals surface area (Å²) in [5.41, 5.74) is 2.61. The molecule has 2 aromatic carbocycles. The summed E-state index contributed by atoms with van der Waals surface area (Å²) in [6.45, 7) is 4.36. The molecular formula is C21H24O4. The van der Waals surface area contributed by atoms with Crippen molar-refractivity contribution in [3.05, 3.63) is 53.1 Å². The van der Waals surface area contributed by atoms with Crippen LogP contribution in [0.3, 0.4) is 0 Å². The van der Waals surface area contributed by atoms with Gasteiger partial charge in [-0.15, -0.1) is 0 Å². The molecule has 0 saturated carbocycles. The van der Waals surface area contributed by atoms with Gasteiger partial charge in [0, 0.05) is 12.3 Å². The largest absolute Gasteiger partial charge is 0.496 e. The predicted octanol–water partition coefficient (Wildman–Crippen LogP) is 4.36. The molecule has 4 heteroatoms. The molecule has 3 rings (SSSR count). The standard InChI is InChI=1S/C21H24O4/c1-21(2)14-7-6-8-18(24-4)20(14)16(22)12-15(21)13-9-10-17(23-3)19(11-13)25-5/h6-11,15H,12H2,1-5H3. The molecule has 0 N–H and O–H groups in total. The number of benzene rings is 2. The summed E-state index contributed by atoms with van der Waals surface area (Å²) in [5, 5.41) is 0. The van der Waals surface area contributed by atoms with E-state index in [1.807, 2.05) is 36.4 Å². The first-order chi connectivity index (χ1) is 11.9. The first-order valence-electron chi connectivity index (χ1n) is 8.36. The van der Waals surface area contributed by atoms with Crippen molar-refractivity contribution in [3.63, 3.8) is 0 Å². The Balaban J connectivity index is 2.12. The van der Waals surface area contributed by atoms with E-state index in [1.54, 1.807) is 21.3 Å². The maximum Gasteiger partial charge on any atom is 0.167 e. The Kier molecular flexibility index (Phi) is 4.46. The Hall–Kier alpha value is -2.49. The lowest BCUT2D eigenvalue weighted by Crippen LogP contribution is -2.35. The molecule has 4 nitrogen and oxygen atoms in total. The molecule has 0 spiro atoms. The maximum atomic E-state index is 12.9. The van der Waals surface area contributed by atoms with E-state index in [4.69, 9.17) is 14.2 Å². The number of carbonyl (C=O) groups excluding carboxylic acids is 1. The van der Waals surface area contributed by atoms with Gasteiger partial charge in [-0.25, -0.2) is 0 Å². The molecule has 132 valence electrons. The van der Waals surface area contributed by atoms with Gasteiger partial charge in [0.2, 0.25) is 0 Å². The van der Waals surface area contributed by atoms with Crippen LogP contribution in [0.2, 0.25) is 0 Å². The second-order valence-corrected chi connectivity index (χ2v) is 6.90. The highest BCUT2D eigenvalue weighted by atomic mass is 16.5. The average molecular weight is 340 g/mol. The molecule has 1 atom stereocenters. The van der Waals surface area contributed by atoms with E-state index in [0.29, 0.717) is 29.2 Å². The zero-order valence-corrected chi connectivity index (χ0v) is 15.4. The van der Waals surface area contributed by atoms with E-state index in [0.717, 1.165) is 11.1 Å². The minimum Gasteiger partial charge on any atom is -0.496 e. The number of rotatable bonds is 4. The molecule has 0 heterocycles. The SMILES string of the molecule is COc1ccc(C2CC(=O)c3c(OC)cccc3C2(C)C)cc1OC. The first-order valence-corrected chi connectivity index (χ1v) is 8.36. The highest BCUT2D eigenvalue weighted by Gasteiger charge is 2.42. The third-order valence-electron chi connectivity index (χ3n) is 5.29. The normalized spacial score (nSPS) is 18.4. The van der Waals surface area contributed by atoms with Crippen LogP contribution in [-0.4, -0.2) is 27.1 Å². The van der Waals surface area contributed by atoms with Gasteiger partial charge < -0.3 is 14.2 Å². The van der Waals surface area contributed by atoms with Crippen LogP contribution < -0.4 is 14.2 Å². The molecular weight excluding hydrogens is 316 g/mol. The Morgan fingerprint density at radius 2 is 1.60 bits per heavy atom. The summed E-state index contributed by atoms with van der Waals surface area (Å²) in [6.07, 6.45) is 0.440. The van der Waals surface area contributed by atoms with Crippen molar-refractivity contribution in [1.29, 1.82) is 0 Å².